The lowest BCUT2D eigenvalue weighted by Crippen LogP contribution is -2.33. The average molecular weight is 415 g/mol. The number of carbonyl (C=O) groups excluding carboxylic acids is 1. The molecule has 0 radical (unpaired) electrons. The van der Waals surface area contributed by atoms with Crippen molar-refractivity contribution in [1.29, 1.82) is 0 Å². The first-order valence-corrected chi connectivity index (χ1v) is 10.2. The maximum Gasteiger partial charge on any atom is 0.407 e. The molecule has 156 valence electrons. The lowest BCUT2D eigenvalue weighted by molar-refractivity contribution is 0.0690. The third kappa shape index (κ3) is 3.40. The van der Waals surface area contributed by atoms with Crippen LogP contribution in [0.25, 0.3) is 11.1 Å². The molecule has 31 heavy (non-hydrogen) atoms. The molecule has 1 unspecified atom stereocenters. The molecule has 1 heterocycles. The summed E-state index contributed by atoms with van der Waals surface area (Å²) in [5.41, 5.74) is 5.40. The third-order valence-electron chi connectivity index (χ3n) is 5.94. The number of hydrogen-bond acceptors (Lipinski definition) is 4. The highest BCUT2D eigenvalue weighted by Gasteiger charge is 2.30. The lowest BCUT2D eigenvalue weighted by Gasteiger charge is -2.27. The van der Waals surface area contributed by atoms with E-state index < -0.39 is 12.1 Å². The first-order chi connectivity index (χ1) is 15.1. The van der Waals surface area contributed by atoms with Gasteiger partial charge >= 0.3 is 12.1 Å². The highest BCUT2D eigenvalue weighted by molar-refractivity contribution is 5.91. The van der Waals surface area contributed by atoms with Crippen LogP contribution in [0.1, 0.15) is 45.4 Å². The van der Waals surface area contributed by atoms with Gasteiger partial charge in [-0.05, 0) is 28.3 Å². The number of ether oxygens (including phenoxy) is 2. The van der Waals surface area contributed by atoms with Crippen molar-refractivity contribution in [2.45, 2.75) is 18.4 Å². The van der Waals surface area contributed by atoms with Crippen molar-refractivity contribution in [1.82, 2.24) is 5.32 Å². The molecule has 0 spiro atoms. The molecule has 1 aliphatic heterocycles. The van der Waals surface area contributed by atoms with Gasteiger partial charge in [-0.3, -0.25) is 0 Å². The van der Waals surface area contributed by atoms with Crippen molar-refractivity contribution in [2.75, 3.05) is 13.2 Å². The Morgan fingerprint density at radius 3 is 2.26 bits per heavy atom. The van der Waals surface area contributed by atoms with E-state index in [1.807, 2.05) is 24.3 Å². The van der Waals surface area contributed by atoms with E-state index in [0.29, 0.717) is 24.3 Å². The van der Waals surface area contributed by atoms with Gasteiger partial charge in [0.25, 0.3) is 0 Å². The number of benzene rings is 3. The summed E-state index contributed by atoms with van der Waals surface area (Å²) in [7, 11) is 0. The summed E-state index contributed by atoms with van der Waals surface area (Å²) in [4.78, 5) is 24.1. The molecule has 0 aromatic heterocycles. The summed E-state index contributed by atoms with van der Waals surface area (Å²) >= 11 is 0. The molecule has 1 atom stereocenters. The van der Waals surface area contributed by atoms with Crippen LogP contribution in [0.3, 0.4) is 0 Å². The fraction of sp³-hybridized carbons (Fsp3) is 0.200. The van der Waals surface area contributed by atoms with Crippen LogP contribution in [0.4, 0.5) is 4.79 Å². The maximum absolute atomic E-state index is 12.6. The molecule has 0 saturated heterocycles. The molecule has 6 nitrogen and oxygen atoms in total. The van der Waals surface area contributed by atoms with Crippen molar-refractivity contribution >= 4 is 12.1 Å². The van der Waals surface area contributed by atoms with Gasteiger partial charge in [-0.25, -0.2) is 9.59 Å². The molecule has 3 aromatic carbocycles. The van der Waals surface area contributed by atoms with E-state index in [0.717, 1.165) is 11.1 Å². The summed E-state index contributed by atoms with van der Waals surface area (Å²) < 4.78 is 11.2. The minimum Gasteiger partial charge on any atom is -0.492 e. The van der Waals surface area contributed by atoms with Gasteiger partial charge in [-0.15, -0.1) is 0 Å². The molecule has 0 saturated carbocycles. The molecule has 5 rings (SSSR count). The van der Waals surface area contributed by atoms with Crippen LogP contribution >= 0.6 is 0 Å². The maximum atomic E-state index is 12.6. The summed E-state index contributed by atoms with van der Waals surface area (Å²) in [5.74, 6) is -0.762. The second-order valence-electron chi connectivity index (χ2n) is 7.69. The molecule has 2 aliphatic rings. The normalized spacial score (nSPS) is 16.5. The van der Waals surface area contributed by atoms with Crippen LogP contribution in [0.2, 0.25) is 0 Å². The number of nitrogens with one attached hydrogen (secondary N) is 1. The number of carboxylic acids is 1. The van der Waals surface area contributed by atoms with Crippen LogP contribution < -0.4 is 10.1 Å². The molecule has 1 amide bonds. The second kappa shape index (κ2) is 7.80. The quantitative estimate of drug-likeness (QED) is 0.643. The number of hydrogen-bond donors (Lipinski definition) is 2. The predicted molar refractivity (Wildman–Crippen MR) is 114 cm³/mol. The van der Waals surface area contributed by atoms with Crippen LogP contribution in [0, 0.1) is 0 Å². The van der Waals surface area contributed by atoms with Gasteiger partial charge in [0.1, 0.15) is 17.9 Å². The van der Waals surface area contributed by atoms with Gasteiger partial charge in [0.05, 0.1) is 12.6 Å². The summed E-state index contributed by atoms with van der Waals surface area (Å²) in [5, 5.41) is 12.3. The Morgan fingerprint density at radius 1 is 0.935 bits per heavy atom. The monoisotopic (exact) mass is 415 g/mol. The van der Waals surface area contributed by atoms with Gasteiger partial charge in [0, 0.05) is 17.9 Å². The topological polar surface area (TPSA) is 84.9 Å². The van der Waals surface area contributed by atoms with Gasteiger partial charge in [-0.1, -0.05) is 60.7 Å². The number of carboxylic acid groups (broad SMARTS) is 1. The number of rotatable bonds is 4. The zero-order chi connectivity index (χ0) is 21.4. The van der Waals surface area contributed by atoms with E-state index >= 15 is 0 Å². The van der Waals surface area contributed by atoms with Crippen molar-refractivity contribution in [3.8, 4) is 16.9 Å². The van der Waals surface area contributed by atoms with Crippen molar-refractivity contribution in [3.63, 3.8) is 0 Å². The van der Waals surface area contributed by atoms with Crippen molar-refractivity contribution in [2.24, 2.45) is 0 Å². The largest absolute Gasteiger partial charge is 0.492 e. The summed E-state index contributed by atoms with van der Waals surface area (Å²) in [6.07, 6.45) is 0.0146. The first-order valence-electron chi connectivity index (χ1n) is 10.2. The highest BCUT2D eigenvalue weighted by Crippen LogP contribution is 2.44. The number of aromatic carboxylic acids is 1. The van der Waals surface area contributed by atoms with Crippen LogP contribution in [0.15, 0.2) is 66.7 Å². The Morgan fingerprint density at radius 2 is 1.58 bits per heavy atom. The summed E-state index contributed by atoms with van der Waals surface area (Å²) in [6.45, 7) is 0.552. The Bertz CT molecular complexity index is 1130. The Hall–Kier alpha value is -3.80. The van der Waals surface area contributed by atoms with E-state index in [4.69, 9.17) is 9.47 Å². The molecule has 2 N–H and O–H groups in total. The van der Waals surface area contributed by atoms with Crippen molar-refractivity contribution in [3.05, 3.63) is 89.0 Å². The smallest absolute Gasteiger partial charge is 0.407 e. The number of fused-ring (bicyclic) bond motifs is 4. The van der Waals surface area contributed by atoms with E-state index in [1.54, 1.807) is 12.1 Å². The Balaban J connectivity index is 1.31. The lowest BCUT2D eigenvalue weighted by atomic mass is 9.97. The minimum absolute atomic E-state index is 0.0151. The Kier molecular flexibility index (Phi) is 4.82. The molecule has 0 fully saturated rings. The van der Waals surface area contributed by atoms with Crippen LogP contribution in [0.5, 0.6) is 5.75 Å². The van der Waals surface area contributed by atoms with E-state index in [2.05, 4.69) is 29.6 Å². The predicted octanol–water partition coefficient (Wildman–Crippen LogP) is 4.75. The summed E-state index contributed by atoms with van der Waals surface area (Å²) in [6, 6.07) is 20.9. The van der Waals surface area contributed by atoms with Gasteiger partial charge in [-0.2, -0.15) is 0 Å². The number of amides is 1. The third-order valence-corrected chi connectivity index (χ3v) is 5.94. The van der Waals surface area contributed by atoms with E-state index in [9.17, 15) is 14.7 Å². The van der Waals surface area contributed by atoms with Crippen LogP contribution in [-0.4, -0.2) is 30.4 Å². The van der Waals surface area contributed by atoms with E-state index in [-0.39, 0.29) is 24.1 Å². The number of carbonyl (C=O) groups is 2. The highest BCUT2D eigenvalue weighted by atomic mass is 16.5. The minimum atomic E-state index is -1.06. The van der Waals surface area contributed by atoms with Gasteiger partial charge < -0.3 is 19.9 Å². The Labute approximate surface area is 179 Å². The molecule has 6 heteroatoms. The molecule has 1 aliphatic carbocycles. The number of alkyl carbamates (subject to hydrolysis) is 1. The molecule has 0 bridgehead atoms. The zero-order valence-electron chi connectivity index (χ0n) is 16.7. The SMILES string of the molecule is O=C(NC1CCOc2c(C(=O)O)cccc21)OCC1c2ccccc2-c2ccccc21. The first kappa shape index (κ1) is 19.2. The number of para-hydroxylation sites is 1. The fourth-order valence-corrected chi connectivity index (χ4v) is 4.53. The molecule has 3 aromatic rings. The average Bonchev–Trinajstić information content (AvgIpc) is 3.11. The van der Waals surface area contributed by atoms with Gasteiger partial charge in [0.2, 0.25) is 0 Å². The molecular weight excluding hydrogens is 394 g/mol. The molecular formula is C25H21NO5. The zero-order valence-corrected chi connectivity index (χ0v) is 16.7. The van der Waals surface area contributed by atoms with Gasteiger partial charge in [0.15, 0.2) is 0 Å². The fourth-order valence-electron chi connectivity index (χ4n) is 4.53. The van der Waals surface area contributed by atoms with Crippen LogP contribution in [-0.2, 0) is 4.74 Å². The van der Waals surface area contributed by atoms with E-state index in [1.165, 1.54) is 17.2 Å². The standard InChI is InChI=1S/C25H21NO5/c27-24(28)20-11-5-10-19-22(12-13-30-23(19)20)26-25(29)31-14-21-17-8-3-1-6-15(17)16-7-2-4-9-18(16)21/h1-11,21-22H,12-14H2,(H,26,29)(H,27,28). The van der Waals surface area contributed by atoms with Crippen molar-refractivity contribution < 1.29 is 24.2 Å². The second-order valence-corrected chi connectivity index (χ2v) is 7.69.